The lowest BCUT2D eigenvalue weighted by Gasteiger charge is -2.13. The Morgan fingerprint density at radius 3 is 1.28 bits per heavy atom. The summed E-state index contributed by atoms with van der Waals surface area (Å²) >= 11 is 31.2. The largest absolute Gasteiger partial charge is 0.497 e. The van der Waals surface area contributed by atoms with E-state index >= 15 is 0 Å². The van der Waals surface area contributed by atoms with Crippen LogP contribution in [0.5, 0.6) is 23.0 Å². The van der Waals surface area contributed by atoms with E-state index in [0.717, 1.165) is 45.3 Å². The molecule has 14 aromatic rings. The first-order valence-corrected chi connectivity index (χ1v) is 40.4. The molecule has 25 nitrogen and oxygen atoms in total. The zero-order valence-electron chi connectivity index (χ0n) is 62.2. The molecule has 0 aliphatic carbocycles. The van der Waals surface area contributed by atoms with E-state index in [1.165, 1.54) is 105 Å². The standard InChI is InChI=1S/C19H22N4O3S.2C16H15ClN4S.C15H11Cl2FN4S.C12H14N4O2S/c1-12-6-5-7-13(8-12)11-27-19-22-21-18(23(19)20)14-9-15(24-2)17(26-4)16(10-14)25-3;1-11-2-4-12(5-3-11)10-22-16-20-19-15(21(16)18)13-6-8-14(17)9-7-13;1-11-4-2-5-12(8-11)10-22-16-20-19-15(21(16)18)13-6-3-7-14(17)9-13;16-10-5-6-11(12(17)7-10)14-20-21-15(22(14)19)23-8-9-3-1-2-4-13(9)18;1-8(17)7-19-12-15-14-11(16(12)13)9-3-5-10(18-2)6-4-9/h5-10H,11,20H2,1-4H3;2*2-9H,10,18H2,1H3;1-7H,8,19H2;3-6H,7,13H2,1-2H3. The highest BCUT2D eigenvalue weighted by atomic mass is 35.5. The van der Waals surface area contributed by atoms with Gasteiger partial charge in [0.05, 0.1) is 39.2 Å². The molecule has 5 heterocycles. The molecule has 113 heavy (non-hydrogen) atoms. The summed E-state index contributed by atoms with van der Waals surface area (Å²) in [6.07, 6.45) is 0. The van der Waals surface area contributed by atoms with Crippen LogP contribution in [0.3, 0.4) is 0 Å². The Morgan fingerprint density at radius 1 is 0.381 bits per heavy atom. The second-order valence-corrected chi connectivity index (χ2v) is 30.8. The first-order chi connectivity index (χ1) is 54.5. The Labute approximate surface area is 693 Å². The van der Waals surface area contributed by atoms with Gasteiger partial charge in [0, 0.05) is 65.9 Å². The number of nitrogens with zero attached hydrogens (tertiary/aromatic N) is 15. The number of methoxy groups -OCH3 is 4. The summed E-state index contributed by atoms with van der Waals surface area (Å²) in [6.45, 7) is 7.75. The Bertz CT molecular complexity index is 5480. The maximum Gasteiger partial charge on any atom is 0.210 e. The Hall–Kier alpha value is -10.6. The van der Waals surface area contributed by atoms with Crippen LogP contribution in [0.2, 0.25) is 20.1 Å². The zero-order valence-corrected chi connectivity index (χ0v) is 69.3. The Morgan fingerprint density at radius 2 is 0.814 bits per heavy atom. The zero-order chi connectivity index (χ0) is 80.7. The Kier molecular flexibility index (Phi) is 31.0. The second kappa shape index (κ2) is 41.2. The number of aryl methyl sites for hydroxylation is 3. The number of aromatic nitrogens is 15. The lowest BCUT2D eigenvalue weighted by atomic mass is 10.1. The third kappa shape index (κ3) is 23.3. The number of halogens is 5. The van der Waals surface area contributed by atoms with E-state index in [1.54, 1.807) is 100 Å². The predicted molar refractivity (Wildman–Crippen MR) is 454 cm³/mol. The molecule has 10 N–H and O–H groups in total. The van der Waals surface area contributed by atoms with Gasteiger partial charge in [0.15, 0.2) is 40.6 Å². The highest BCUT2D eigenvalue weighted by Gasteiger charge is 2.22. The van der Waals surface area contributed by atoms with Gasteiger partial charge in [-0.05, 0) is 147 Å². The van der Waals surface area contributed by atoms with Gasteiger partial charge in [-0.15, -0.1) is 51.0 Å². The summed E-state index contributed by atoms with van der Waals surface area (Å²) in [4.78, 5) is 10.9. The number of ether oxygens (including phenoxy) is 4. The predicted octanol–water partition coefficient (Wildman–Crippen LogP) is 16.9. The van der Waals surface area contributed by atoms with Crippen molar-refractivity contribution in [3.63, 3.8) is 0 Å². The number of carbonyl (C=O) groups is 1. The molecule has 0 saturated carbocycles. The normalized spacial score (nSPS) is 10.7. The monoisotopic (exact) mass is 1690 g/mol. The fourth-order valence-corrected chi connectivity index (χ4v) is 15.1. The lowest BCUT2D eigenvalue weighted by Crippen LogP contribution is -2.12. The van der Waals surface area contributed by atoms with Gasteiger partial charge < -0.3 is 48.2 Å². The average Bonchev–Trinajstić information content (AvgIpc) is 1.72. The van der Waals surface area contributed by atoms with Gasteiger partial charge in [-0.25, -0.2) is 27.8 Å². The third-order valence-electron chi connectivity index (χ3n) is 16.1. The molecule has 0 aliphatic heterocycles. The van der Waals surface area contributed by atoms with Crippen LogP contribution in [-0.4, -0.2) is 114 Å². The van der Waals surface area contributed by atoms with Gasteiger partial charge in [0.25, 0.3) is 0 Å². The minimum absolute atomic E-state index is 0.0685. The van der Waals surface area contributed by atoms with E-state index in [2.05, 4.69) is 138 Å². The highest BCUT2D eigenvalue weighted by molar-refractivity contribution is 8.00. The van der Waals surface area contributed by atoms with Gasteiger partial charge >= 0.3 is 0 Å². The maximum atomic E-state index is 13.6. The first-order valence-electron chi connectivity index (χ1n) is 34.0. The smallest absolute Gasteiger partial charge is 0.210 e. The molecule has 0 aliphatic rings. The number of Topliss-reactive ketones (excluding diaryl/α,β-unsaturated/α-hetero) is 1. The molecule has 5 aromatic heterocycles. The average molecular weight is 1700 g/mol. The fraction of sp³-hybridized carbons (Fsp3) is 0.167. The van der Waals surface area contributed by atoms with Crippen LogP contribution in [0.25, 0.3) is 56.9 Å². The van der Waals surface area contributed by atoms with Crippen LogP contribution in [-0.2, 0) is 27.8 Å². The quantitative estimate of drug-likeness (QED) is 0.0277. The van der Waals surface area contributed by atoms with Crippen molar-refractivity contribution in [2.75, 3.05) is 63.4 Å². The van der Waals surface area contributed by atoms with Crippen molar-refractivity contribution in [2.45, 2.75) is 76.5 Å². The lowest BCUT2D eigenvalue weighted by molar-refractivity contribution is -0.114. The summed E-state index contributed by atoms with van der Waals surface area (Å²) in [7, 11) is 6.30. The molecule has 0 saturated heterocycles. The number of nitrogen functional groups attached to an aromatic ring is 5. The van der Waals surface area contributed by atoms with Crippen molar-refractivity contribution in [2.24, 2.45) is 0 Å². The summed E-state index contributed by atoms with van der Waals surface area (Å²) in [5, 5.41) is 46.5. The third-order valence-corrected chi connectivity index (χ3v) is 22.2. The van der Waals surface area contributed by atoms with Crippen molar-refractivity contribution in [3.05, 3.63) is 265 Å². The minimum atomic E-state index is -0.260. The fourth-order valence-electron chi connectivity index (χ4n) is 10.4. The summed E-state index contributed by atoms with van der Waals surface area (Å²) in [5.74, 6) is 38.3. The molecule has 14 rings (SSSR count). The van der Waals surface area contributed by atoms with Gasteiger partial charge in [-0.3, -0.25) is 4.79 Å². The van der Waals surface area contributed by atoms with Crippen LogP contribution < -0.4 is 48.2 Å². The minimum Gasteiger partial charge on any atom is -0.497 e. The molecular formula is C78H77Cl4FN20O5S5. The number of ketones is 1. The summed E-state index contributed by atoms with van der Waals surface area (Å²) in [5.41, 5.74) is 11.9. The van der Waals surface area contributed by atoms with E-state index in [9.17, 15) is 9.18 Å². The van der Waals surface area contributed by atoms with Crippen LogP contribution >= 0.6 is 105 Å². The topological polar surface area (TPSA) is 338 Å². The van der Waals surface area contributed by atoms with Crippen LogP contribution in [0, 0.1) is 26.6 Å². The molecule has 9 aromatic carbocycles. The second-order valence-electron chi connectivity index (χ2n) is 24.4. The molecule has 0 unspecified atom stereocenters. The molecule has 0 radical (unpaired) electrons. The number of hydrogen-bond acceptors (Lipinski definition) is 25. The number of hydrogen-bond donors (Lipinski definition) is 5. The summed E-state index contributed by atoms with van der Waals surface area (Å²) < 4.78 is 42.1. The van der Waals surface area contributed by atoms with Crippen LogP contribution in [0.1, 0.15) is 45.9 Å². The van der Waals surface area contributed by atoms with Crippen molar-refractivity contribution in [3.8, 4) is 79.9 Å². The van der Waals surface area contributed by atoms with E-state index < -0.39 is 0 Å². The molecular weight excluding hydrogens is 1620 g/mol. The van der Waals surface area contributed by atoms with Crippen molar-refractivity contribution >= 4 is 111 Å². The van der Waals surface area contributed by atoms with Gasteiger partial charge in [-0.2, -0.15) is 0 Å². The highest BCUT2D eigenvalue weighted by Crippen LogP contribution is 2.42. The molecule has 0 fully saturated rings. The van der Waals surface area contributed by atoms with E-state index in [-0.39, 0.29) is 11.6 Å². The maximum absolute atomic E-state index is 13.6. The van der Waals surface area contributed by atoms with Crippen molar-refractivity contribution in [1.29, 1.82) is 0 Å². The van der Waals surface area contributed by atoms with Crippen LogP contribution in [0.4, 0.5) is 4.39 Å². The molecule has 35 heteroatoms. The van der Waals surface area contributed by atoms with Crippen molar-refractivity contribution < 1.29 is 28.1 Å². The van der Waals surface area contributed by atoms with E-state index in [1.807, 2.05) is 78.9 Å². The SMILES string of the molecule is COc1cc(-c2nnc(SCc3cccc(C)c3)n2N)cc(OC)c1OC.COc1ccc(-c2nnc(SCC(C)=O)n2N)cc1.Cc1ccc(CSc2nnc(-c3ccc(Cl)cc3)n2N)cc1.Cc1cccc(CSc2nnc(-c3cccc(Cl)c3)n2N)c1.Nn1c(SCc2ccccc2F)nnc1-c1ccc(Cl)cc1Cl. The number of nitrogens with two attached hydrogens (primary N) is 5. The number of carbonyl (C=O) groups excluding carboxylic acids is 1. The molecule has 0 spiro atoms. The molecule has 0 atom stereocenters. The number of benzene rings is 9. The molecule has 0 amide bonds. The number of thioether (sulfide) groups is 5. The summed E-state index contributed by atoms with van der Waals surface area (Å²) in [6, 6.07) is 62.5. The number of rotatable bonds is 24. The molecule has 584 valence electrons. The first kappa shape index (κ1) is 84.8. The van der Waals surface area contributed by atoms with E-state index in [4.69, 9.17) is 94.6 Å². The van der Waals surface area contributed by atoms with Crippen LogP contribution in [0.15, 0.2) is 226 Å². The Balaban J connectivity index is 0.000000150. The van der Waals surface area contributed by atoms with Gasteiger partial charge in [0.2, 0.25) is 31.5 Å². The van der Waals surface area contributed by atoms with E-state index in [0.29, 0.717) is 115 Å². The van der Waals surface area contributed by atoms with Gasteiger partial charge in [-0.1, -0.05) is 225 Å². The van der Waals surface area contributed by atoms with Crippen molar-refractivity contribution in [1.82, 2.24) is 74.4 Å². The molecule has 0 bridgehead atoms. The van der Waals surface area contributed by atoms with Gasteiger partial charge in [0.1, 0.15) is 17.3 Å².